The van der Waals surface area contributed by atoms with Gasteiger partial charge in [0.05, 0.1) is 12.4 Å². The van der Waals surface area contributed by atoms with Crippen LogP contribution >= 0.6 is 0 Å². The smallest absolute Gasteiger partial charge is 0.372 e. The third kappa shape index (κ3) is 3.21. The van der Waals surface area contributed by atoms with Crippen molar-refractivity contribution in [2.45, 2.75) is 25.1 Å². The summed E-state index contributed by atoms with van der Waals surface area (Å²) in [5.74, 6) is 0.743. The van der Waals surface area contributed by atoms with Gasteiger partial charge in [0.15, 0.2) is 0 Å². The van der Waals surface area contributed by atoms with E-state index in [0.29, 0.717) is 5.82 Å². The molecule has 1 aromatic heterocycles. The molecule has 0 aromatic carbocycles. The van der Waals surface area contributed by atoms with Crippen LogP contribution in [-0.2, 0) is 0 Å². The predicted molar refractivity (Wildman–Crippen MR) is 58.0 cm³/mol. The van der Waals surface area contributed by atoms with Crippen LogP contribution in [0.3, 0.4) is 0 Å². The highest BCUT2D eigenvalue weighted by Crippen LogP contribution is 2.33. The van der Waals surface area contributed by atoms with Crippen molar-refractivity contribution in [3.05, 3.63) is 12.4 Å². The van der Waals surface area contributed by atoms with Crippen molar-refractivity contribution in [1.29, 1.82) is 0 Å². The lowest BCUT2D eigenvalue weighted by Gasteiger charge is -2.24. The maximum Gasteiger partial charge on any atom is 0.405 e. The Morgan fingerprint density at radius 3 is 2.65 bits per heavy atom. The van der Waals surface area contributed by atoms with Gasteiger partial charge < -0.3 is 10.2 Å². The molecule has 1 heterocycles. The Bertz CT molecular complexity index is 389. The van der Waals surface area contributed by atoms with E-state index in [1.54, 1.807) is 7.05 Å². The zero-order valence-corrected chi connectivity index (χ0v) is 9.33. The number of nitrogens with zero attached hydrogens (tertiary/aromatic N) is 3. The quantitative estimate of drug-likeness (QED) is 0.882. The summed E-state index contributed by atoms with van der Waals surface area (Å²) in [6, 6.07) is -0.0574. The summed E-state index contributed by atoms with van der Waals surface area (Å²) < 4.78 is 37.4. The first-order chi connectivity index (χ1) is 7.99. The molecular weight excluding hydrogens is 233 g/mol. The van der Waals surface area contributed by atoms with Crippen LogP contribution in [0.15, 0.2) is 12.4 Å². The molecule has 1 N–H and O–H groups in total. The van der Waals surface area contributed by atoms with Gasteiger partial charge in [0.1, 0.15) is 18.2 Å². The van der Waals surface area contributed by atoms with Gasteiger partial charge in [-0.3, -0.25) is 4.98 Å². The molecule has 0 amide bonds. The summed E-state index contributed by atoms with van der Waals surface area (Å²) >= 11 is 0. The van der Waals surface area contributed by atoms with Crippen molar-refractivity contribution < 1.29 is 13.2 Å². The molecule has 0 atom stereocenters. The molecule has 0 unspecified atom stereocenters. The van der Waals surface area contributed by atoms with Gasteiger partial charge in [0, 0.05) is 13.1 Å². The Balaban J connectivity index is 2.19. The van der Waals surface area contributed by atoms with Crippen LogP contribution in [0.1, 0.15) is 12.8 Å². The summed E-state index contributed by atoms with van der Waals surface area (Å²) in [4.78, 5) is 9.24. The molecule has 0 radical (unpaired) electrons. The van der Waals surface area contributed by atoms with Crippen LogP contribution in [0.5, 0.6) is 0 Å². The molecule has 1 aromatic rings. The van der Waals surface area contributed by atoms with Gasteiger partial charge in [-0.25, -0.2) is 4.98 Å². The average molecular weight is 246 g/mol. The van der Waals surface area contributed by atoms with Crippen molar-refractivity contribution in [2.75, 3.05) is 23.8 Å². The average Bonchev–Trinajstić information content (AvgIpc) is 3.09. The maximum atomic E-state index is 12.5. The lowest BCUT2D eigenvalue weighted by molar-refractivity contribution is -0.120. The Hall–Kier alpha value is -1.53. The number of halogens is 3. The van der Waals surface area contributed by atoms with Gasteiger partial charge in [0.2, 0.25) is 0 Å². The van der Waals surface area contributed by atoms with E-state index in [-0.39, 0.29) is 11.9 Å². The monoisotopic (exact) mass is 246 g/mol. The summed E-state index contributed by atoms with van der Waals surface area (Å²) in [5, 5.41) is 2.76. The fraction of sp³-hybridized carbons (Fsp3) is 0.600. The van der Waals surface area contributed by atoms with Crippen molar-refractivity contribution in [3.8, 4) is 0 Å². The zero-order valence-electron chi connectivity index (χ0n) is 9.33. The highest BCUT2D eigenvalue weighted by Gasteiger charge is 2.38. The second-order valence-electron chi connectivity index (χ2n) is 3.99. The van der Waals surface area contributed by atoms with E-state index in [2.05, 4.69) is 15.3 Å². The summed E-state index contributed by atoms with van der Waals surface area (Å²) in [7, 11) is 1.65. The fourth-order valence-electron chi connectivity index (χ4n) is 1.59. The normalized spacial score (nSPS) is 15.8. The lowest BCUT2D eigenvalue weighted by atomic mass is 10.4. The Labute approximate surface area is 96.9 Å². The van der Waals surface area contributed by atoms with Gasteiger partial charge >= 0.3 is 6.18 Å². The summed E-state index contributed by atoms with van der Waals surface area (Å²) in [5.41, 5.74) is 0. The molecule has 0 saturated heterocycles. The van der Waals surface area contributed by atoms with Gasteiger partial charge in [-0.15, -0.1) is 0 Å². The number of rotatable bonds is 4. The highest BCUT2D eigenvalue weighted by molar-refractivity contribution is 5.45. The van der Waals surface area contributed by atoms with E-state index in [1.807, 2.05) is 0 Å². The van der Waals surface area contributed by atoms with Crippen LogP contribution in [-0.4, -0.2) is 35.8 Å². The maximum absolute atomic E-state index is 12.5. The second-order valence-corrected chi connectivity index (χ2v) is 3.99. The third-order valence-electron chi connectivity index (χ3n) is 2.51. The van der Waals surface area contributed by atoms with Crippen molar-refractivity contribution >= 4 is 11.6 Å². The van der Waals surface area contributed by atoms with Crippen LogP contribution in [0, 0.1) is 0 Å². The van der Waals surface area contributed by atoms with Gasteiger partial charge in [-0.1, -0.05) is 0 Å². The van der Waals surface area contributed by atoms with Crippen molar-refractivity contribution in [2.24, 2.45) is 0 Å². The largest absolute Gasteiger partial charge is 0.405 e. The topological polar surface area (TPSA) is 41.1 Å². The molecule has 7 heteroatoms. The number of hydrogen-bond acceptors (Lipinski definition) is 4. The standard InChI is InChI=1S/C10H13F3N4/c1-14-8-4-15-5-9(16-8)17(7-2-3-7)6-10(11,12)13/h4-5,7H,2-3,6H2,1H3,(H,14,16). The summed E-state index contributed by atoms with van der Waals surface area (Å²) in [6.07, 6.45) is 0.177. The minimum Gasteiger partial charge on any atom is -0.372 e. The van der Waals surface area contributed by atoms with E-state index in [1.165, 1.54) is 17.3 Å². The second kappa shape index (κ2) is 4.38. The number of nitrogens with one attached hydrogen (secondary N) is 1. The SMILES string of the molecule is CNc1cncc(N(CC(F)(F)F)C2CC2)n1. The summed E-state index contributed by atoms with van der Waals surface area (Å²) in [6.45, 7) is -0.973. The predicted octanol–water partition coefficient (Wildman–Crippen LogP) is 2.05. The third-order valence-corrected chi connectivity index (χ3v) is 2.51. The van der Waals surface area contributed by atoms with Crippen molar-refractivity contribution in [3.63, 3.8) is 0 Å². The minimum atomic E-state index is -4.22. The number of alkyl halides is 3. The Morgan fingerprint density at radius 1 is 1.41 bits per heavy atom. The first-order valence-electron chi connectivity index (χ1n) is 5.33. The molecule has 2 rings (SSSR count). The molecule has 0 aliphatic heterocycles. The van der Waals surface area contributed by atoms with E-state index in [0.717, 1.165) is 12.8 Å². The molecule has 0 bridgehead atoms. The van der Waals surface area contributed by atoms with Crippen LogP contribution in [0.2, 0.25) is 0 Å². The zero-order chi connectivity index (χ0) is 12.5. The van der Waals surface area contributed by atoms with Crippen LogP contribution in [0.4, 0.5) is 24.8 Å². The van der Waals surface area contributed by atoms with E-state index < -0.39 is 12.7 Å². The molecule has 1 aliphatic carbocycles. The van der Waals surface area contributed by atoms with E-state index in [9.17, 15) is 13.2 Å². The van der Waals surface area contributed by atoms with Gasteiger partial charge in [-0.05, 0) is 12.8 Å². The number of hydrogen-bond donors (Lipinski definition) is 1. The molecule has 1 saturated carbocycles. The van der Waals surface area contributed by atoms with Crippen molar-refractivity contribution in [1.82, 2.24) is 9.97 Å². The molecule has 1 fully saturated rings. The Kier molecular flexibility index (Phi) is 3.08. The van der Waals surface area contributed by atoms with Gasteiger partial charge in [0.25, 0.3) is 0 Å². The molecule has 94 valence electrons. The first-order valence-corrected chi connectivity index (χ1v) is 5.33. The fourth-order valence-corrected chi connectivity index (χ4v) is 1.59. The molecule has 0 spiro atoms. The van der Waals surface area contributed by atoms with E-state index in [4.69, 9.17) is 0 Å². The minimum absolute atomic E-state index is 0.0574. The Morgan fingerprint density at radius 2 is 2.12 bits per heavy atom. The molecule has 4 nitrogen and oxygen atoms in total. The molecule has 17 heavy (non-hydrogen) atoms. The molecular formula is C10H13F3N4. The number of anilines is 2. The first kappa shape index (κ1) is 11.9. The highest BCUT2D eigenvalue weighted by atomic mass is 19.4. The van der Waals surface area contributed by atoms with Crippen LogP contribution in [0.25, 0.3) is 0 Å². The molecule has 1 aliphatic rings. The van der Waals surface area contributed by atoms with Gasteiger partial charge in [-0.2, -0.15) is 13.2 Å². The number of aromatic nitrogens is 2. The lowest BCUT2D eigenvalue weighted by Crippen LogP contribution is -2.36. The van der Waals surface area contributed by atoms with E-state index >= 15 is 0 Å². The van der Waals surface area contributed by atoms with Crippen LogP contribution < -0.4 is 10.2 Å².